The highest BCUT2D eigenvalue weighted by Gasteiger charge is 1.90. The molecule has 0 saturated carbocycles. The molecule has 1 aromatic rings. The van der Waals surface area contributed by atoms with Crippen molar-refractivity contribution in [2.24, 2.45) is 0 Å². The number of nitrogens with one attached hydrogen (secondary N) is 1. The molecule has 0 unspecified atom stereocenters. The lowest BCUT2D eigenvalue weighted by molar-refractivity contribution is 0.221. The van der Waals surface area contributed by atoms with Crippen molar-refractivity contribution in [1.29, 1.82) is 0 Å². The van der Waals surface area contributed by atoms with Crippen LogP contribution >= 0.6 is 12.4 Å². The predicted molar refractivity (Wildman–Crippen MR) is 33.4 cm³/mol. The number of hydrogen-bond donors (Lipinski definition) is 1. The van der Waals surface area contributed by atoms with Gasteiger partial charge < -0.3 is 9.36 Å². The molecule has 9 heavy (non-hydrogen) atoms. The molecule has 0 amide bonds. The Hall–Kier alpha value is -0.740. The van der Waals surface area contributed by atoms with Gasteiger partial charge in [0, 0.05) is 7.05 Å². The van der Waals surface area contributed by atoms with Gasteiger partial charge in [-0.1, -0.05) is 5.16 Å². The van der Waals surface area contributed by atoms with Crippen LogP contribution in [0, 0.1) is 0 Å². The predicted octanol–water partition coefficient (Wildman–Crippen LogP) is 0.610. The molecule has 4 nitrogen and oxygen atoms in total. The molecule has 0 bridgehead atoms. The molecule has 1 rings (SSSR count). The standard InChI is InChI=1S/C4H6N2O2.ClH/c1-5-8-4-2-6-7-3-4;/h2-3,5H,1H3;1H. The average molecular weight is 151 g/mol. The fourth-order valence-corrected chi connectivity index (χ4v) is 0.363. The van der Waals surface area contributed by atoms with Crippen LogP contribution in [-0.4, -0.2) is 12.2 Å². The van der Waals surface area contributed by atoms with Crippen LogP contribution in [-0.2, 0) is 0 Å². The van der Waals surface area contributed by atoms with Gasteiger partial charge in [0.15, 0.2) is 6.26 Å². The summed E-state index contributed by atoms with van der Waals surface area (Å²) in [6.45, 7) is 0. The lowest BCUT2D eigenvalue weighted by Gasteiger charge is -1.92. The van der Waals surface area contributed by atoms with E-state index in [1.807, 2.05) is 0 Å². The monoisotopic (exact) mass is 150 g/mol. The van der Waals surface area contributed by atoms with Gasteiger partial charge in [-0.25, -0.2) is 0 Å². The summed E-state index contributed by atoms with van der Waals surface area (Å²) < 4.78 is 4.45. The highest BCUT2D eigenvalue weighted by Crippen LogP contribution is 2.03. The second-order valence-corrected chi connectivity index (χ2v) is 1.17. The molecule has 5 heteroatoms. The van der Waals surface area contributed by atoms with E-state index in [0.717, 1.165) is 0 Å². The maximum Gasteiger partial charge on any atom is 0.206 e. The molecule has 1 aromatic heterocycles. The lowest BCUT2D eigenvalue weighted by atomic mass is 10.7. The van der Waals surface area contributed by atoms with Gasteiger partial charge >= 0.3 is 0 Å². The van der Waals surface area contributed by atoms with Gasteiger partial charge in [-0.3, -0.25) is 0 Å². The Kier molecular flexibility index (Phi) is 3.83. The summed E-state index contributed by atoms with van der Waals surface area (Å²) in [5.41, 5.74) is 2.47. The van der Waals surface area contributed by atoms with E-state index in [0.29, 0.717) is 5.75 Å². The van der Waals surface area contributed by atoms with Crippen LogP contribution in [0.1, 0.15) is 0 Å². The van der Waals surface area contributed by atoms with Crippen LogP contribution in [0.3, 0.4) is 0 Å². The number of nitrogens with zero attached hydrogens (tertiary/aromatic N) is 1. The van der Waals surface area contributed by atoms with E-state index in [9.17, 15) is 0 Å². The summed E-state index contributed by atoms with van der Waals surface area (Å²) in [5, 5.41) is 3.40. The smallest absolute Gasteiger partial charge is 0.206 e. The molecule has 0 atom stereocenters. The van der Waals surface area contributed by atoms with E-state index in [2.05, 4.69) is 15.2 Å². The molecule has 0 fully saturated rings. The molecular weight excluding hydrogens is 144 g/mol. The number of halogens is 1. The SMILES string of the molecule is CNOc1cnoc1.Cl. The van der Waals surface area contributed by atoms with Gasteiger partial charge in [0.1, 0.15) is 6.20 Å². The average Bonchev–Trinajstić information content (AvgIpc) is 2.19. The van der Waals surface area contributed by atoms with Gasteiger partial charge in [-0.05, 0) is 0 Å². The summed E-state index contributed by atoms with van der Waals surface area (Å²) in [6.07, 6.45) is 2.87. The lowest BCUT2D eigenvalue weighted by Crippen LogP contribution is -2.09. The minimum absolute atomic E-state index is 0. The zero-order valence-corrected chi connectivity index (χ0v) is 5.64. The largest absolute Gasteiger partial charge is 0.404 e. The number of aromatic nitrogens is 1. The van der Waals surface area contributed by atoms with Crippen molar-refractivity contribution in [3.8, 4) is 5.75 Å². The van der Waals surface area contributed by atoms with Crippen LogP contribution < -0.4 is 10.3 Å². The topological polar surface area (TPSA) is 47.3 Å². The second kappa shape index (κ2) is 4.17. The van der Waals surface area contributed by atoms with Crippen molar-refractivity contribution >= 4 is 12.4 Å². The van der Waals surface area contributed by atoms with E-state index >= 15 is 0 Å². The summed E-state index contributed by atoms with van der Waals surface area (Å²) in [4.78, 5) is 4.74. The van der Waals surface area contributed by atoms with E-state index in [-0.39, 0.29) is 12.4 Å². The molecule has 0 aliphatic heterocycles. The fourth-order valence-electron chi connectivity index (χ4n) is 0.363. The van der Waals surface area contributed by atoms with Crippen LogP contribution in [0.4, 0.5) is 0 Å². The number of rotatable bonds is 2. The number of hydrogen-bond acceptors (Lipinski definition) is 4. The van der Waals surface area contributed by atoms with Crippen molar-refractivity contribution in [3.05, 3.63) is 12.5 Å². The molecule has 1 heterocycles. The Bertz CT molecular complexity index is 142. The summed E-state index contributed by atoms with van der Waals surface area (Å²) in [7, 11) is 1.66. The first-order chi connectivity index (χ1) is 3.93. The van der Waals surface area contributed by atoms with E-state index < -0.39 is 0 Å². The Morgan fingerprint density at radius 3 is 3.00 bits per heavy atom. The first kappa shape index (κ1) is 8.26. The zero-order valence-electron chi connectivity index (χ0n) is 4.83. The quantitative estimate of drug-likeness (QED) is 0.628. The molecule has 0 radical (unpaired) electrons. The van der Waals surface area contributed by atoms with Crippen LogP contribution in [0.15, 0.2) is 17.0 Å². The van der Waals surface area contributed by atoms with E-state index in [1.165, 1.54) is 12.5 Å². The maximum atomic E-state index is 4.74. The van der Waals surface area contributed by atoms with E-state index in [4.69, 9.17) is 4.84 Å². The Morgan fingerprint density at radius 1 is 1.78 bits per heavy atom. The Morgan fingerprint density at radius 2 is 2.56 bits per heavy atom. The molecule has 0 aromatic carbocycles. The van der Waals surface area contributed by atoms with Crippen molar-refractivity contribution < 1.29 is 9.36 Å². The normalized spacial score (nSPS) is 8.11. The van der Waals surface area contributed by atoms with Gasteiger partial charge in [0.25, 0.3) is 0 Å². The third kappa shape index (κ3) is 2.34. The summed E-state index contributed by atoms with van der Waals surface area (Å²) in [6, 6.07) is 0. The van der Waals surface area contributed by atoms with Crippen LogP contribution in [0.25, 0.3) is 0 Å². The maximum absolute atomic E-state index is 4.74. The molecule has 0 saturated heterocycles. The third-order valence-electron chi connectivity index (χ3n) is 0.630. The molecule has 0 aliphatic carbocycles. The molecule has 52 valence electrons. The van der Waals surface area contributed by atoms with Gasteiger partial charge in [0.05, 0.1) is 0 Å². The van der Waals surface area contributed by atoms with Gasteiger partial charge in [-0.15, -0.1) is 12.4 Å². The minimum atomic E-state index is 0. The first-order valence-electron chi connectivity index (χ1n) is 2.16. The second-order valence-electron chi connectivity index (χ2n) is 1.17. The summed E-state index contributed by atoms with van der Waals surface area (Å²) in [5.74, 6) is 0.576. The summed E-state index contributed by atoms with van der Waals surface area (Å²) >= 11 is 0. The van der Waals surface area contributed by atoms with E-state index in [1.54, 1.807) is 7.05 Å². The van der Waals surface area contributed by atoms with Gasteiger partial charge in [-0.2, -0.15) is 5.48 Å². The number of hydroxylamine groups is 1. The van der Waals surface area contributed by atoms with Crippen molar-refractivity contribution in [1.82, 2.24) is 10.6 Å². The van der Waals surface area contributed by atoms with Gasteiger partial charge in [0.2, 0.25) is 5.75 Å². The third-order valence-corrected chi connectivity index (χ3v) is 0.630. The fraction of sp³-hybridized carbons (Fsp3) is 0.250. The van der Waals surface area contributed by atoms with Crippen molar-refractivity contribution in [3.63, 3.8) is 0 Å². The highest BCUT2D eigenvalue weighted by molar-refractivity contribution is 5.85. The highest BCUT2D eigenvalue weighted by atomic mass is 35.5. The van der Waals surface area contributed by atoms with Crippen molar-refractivity contribution in [2.75, 3.05) is 7.05 Å². The molecular formula is C4H7ClN2O2. The molecule has 0 aliphatic rings. The zero-order chi connectivity index (χ0) is 5.82. The van der Waals surface area contributed by atoms with Crippen LogP contribution in [0.2, 0.25) is 0 Å². The molecule has 0 spiro atoms. The minimum Gasteiger partial charge on any atom is -0.404 e. The first-order valence-corrected chi connectivity index (χ1v) is 2.16. The van der Waals surface area contributed by atoms with Crippen molar-refractivity contribution in [2.45, 2.75) is 0 Å². The Balaban J connectivity index is 0.000000640. The Labute approximate surface area is 58.5 Å². The molecule has 1 N–H and O–H groups in total. The van der Waals surface area contributed by atoms with Crippen LogP contribution in [0.5, 0.6) is 5.75 Å².